The Balaban J connectivity index is 1.99. The number of ether oxygens (including phenoxy) is 1. The van der Waals surface area contributed by atoms with Gasteiger partial charge in [-0.05, 0) is 42.7 Å². The van der Waals surface area contributed by atoms with Crippen molar-refractivity contribution in [1.82, 2.24) is 9.55 Å². The van der Waals surface area contributed by atoms with Crippen LogP contribution in [0.2, 0.25) is 10.0 Å². The molecule has 0 amide bonds. The molecule has 1 heterocycles. The van der Waals surface area contributed by atoms with E-state index in [0.29, 0.717) is 35.2 Å². The Morgan fingerprint density at radius 1 is 1.17 bits per heavy atom. The molecule has 29 heavy (non-hydrogen) atoms. The average Bonchev–Trinajstić information content (AvgIpc) is 2.92. The molecule has 0 N–H and O–H groups in total. The van der Waals surface area contributed by atoms with Crippen LogP contribution in [0.4, 0.5) is 4.39 Å². The fraction of sp³-hybridized carbons (Fsp3) is 0.364. The second-order valence-electron chi connectivity index (χ2n) is 7.81. The summed E-state index contributed by atoms with van der Waals surface area (Å²) >= 11 is 12.0. The number of hydrogen-bond donors (Lipinski definition) is 0. The first-order valence-electron chi connectivity index (χ1n) is 9.43. The third kappa shape index (κ3) is 5.28. The summed E-state index contributed by atoms with van der Waals surface area (Å²) in [6, 6.07) is 10.1. The quantitative estimate of drug-likeness (QED) is 0.423. The zero-order valence-corrected chi connectivity index (χ0v) is 18.1. The Morgan fingerprint density at radius 2 is 1.86 bits per heavy atom. The molecule has 0 aliphatic rings. The summed E-state index contributed by atoms with van der Waals surface area (Å²) in [5.74, 6) is 0.142. The van der Waals surface area contributed by atoms with Gasteiger partial charge in [0.25, 0.3) is 0 Å². The lowest BCUT2D eigenvalue weighted by Crippen LogP contribution is -2.23. The van der Waals surface area contributed by atoms with E-state index in [1.54, 1.807) is 31.2 Å². The number of carbonyl (C=O) groups excluding carboxylic acids is 1. The minimum atomic E-state index is -0.381. The van der Waals surface area contributed by atoms with E-state index in [0.717, 1.165) is 16.9 Å². The maximum atomic E-state index is 14.4. The number of esters is 1. The minimum Gasteiger partial charge on any atom is -0.466 e. The van der Waals surface area contributed by atoms with Crippen molar-refractivity contribution >= 4 is 40.2 Å². The van der Waals surface area contributed by atoms with Crippen LogP contribution in [0.1, 0.15) is 38.6 Å². The van der Waals surface area contributed by atoms with Crippen molar-refractivity contribution in [2.24, 2.45) is 5.41 Å². The molecule has 0 saturated carbocycles. The van der Waals surface area contributed by atoms with E-state index in [1.165, 1.54) is 6.07 Å². The summed E-state index contributed by atoms with van der Waals surface area (Å²) in [6.45, 7) is 6.41. The van der Waals surface area contributed by atoms with Crippen LogP contribution in [0.3, 0.4) is 0 Å². The van der Waals surface area contributed by atoms with Gasteiger partial charge in [0.05, 0.1) is 30.6 Å². The SMILES string of the molecule is CCOC(=O)CC(C)(C)Cc1nc2cc(Cl)ccc2n1Cc1ccc(Cl)cc1F. The number of rotatable bonds is 7. The lowest BCUT2D eigenvalue weighted by Gasteiger charge is -2.23. The van der Waals surface area contributed by atoms with Crippen LogP contribution in [0.15, 0.2) is 36.4 Å². The monoisotopic (exact) mass is 436 g/mol. The second-order valence-corrected chi connectivity index (χ2v) is 8.68. The molecule has 0 atom stereocenters. The third-order valence-electron chi connectivity index (χ3n) is 4.70. The number of fused-ring (bicyclic) bond motifs is 1. The highest BCUT2D eigenvalue weighted by Gasteiger charge is 2.27. The molecule has 3 aromatic rings. The maximum absolute atomic E-state index is 14.4. The fourth-order valence-electron chi connectivity index (χ4n) is 3.38. The van der Waals surface area contributed by atoms with Crippen molar-refractivity contribution < 1.29 is 13.9 Å². The van der Waals surface area contributed by atoms with Gasteiger partial charge in [-0.1, -0.05) is 43.1 Å². The number of carbonyl (C=O) groups is 1. The molecule has 0 unspecified atom stereocenters. The van der Waals surface area contributed by atoms with Crippen molar-refractivity contribution in [3.05, 3.63) is 63.6 Å². The van der Waals surface area contributed by atoms with Crippen molar-refractivity contribution in [3.8, 4) is 0 Å². The Kier molecular flexibility index (Phi) is 6.49. The Hall–Kier alpha value is -2.11. The van der Waals surface area contributed by atoms with E-state index in [9.17, 15) is 9.18 Å². The van der Waals surface area contributed by atoms with Crippen molar-refractivity contribution in [2.75, 3.05) is 6.61 Å². The van der Waals surface area contributed by atoms with Gasteiger partial charge in [0, 0.05) is 22.0 Å². The first-order chi connectivity index (χ1) is 13.7. The van der Waals surface area contributed by atoms with Crippen LogP contribution in [0.25, 0.3) is 11.0 Å². The molecule has 0 spiro atoms. The Labute approximate surface area is 179 Å². The first kappa shape index (κ1) is 21.6. The molecule has 0 radical (unpaired) electrons. The van der Waals surface area contributed by atoms with Gasteiger partial charge in [-0.15, -0.1) is 0 Å². The normalized spacial score (nSPS) is 11.8. The highest BCUT2D eigenvalue weighted by molar-refractivity contribution is 6.31. The molecule has 7 heteroatoms. The molecule has 0 aliphatic carbocycles. The number of imidazole rings is 1. The van der Waals surface area contributed by atoms with Gasteiger partial charge in [0.15, 0.2) is 0 Å². The van der Waals surface area contributed by atoms with E-state index in [1.807, 2.05) is 24.5 Å². The summed E-state index contributed by atoms with van der Waals surface area (Å²) in [5.41, 5.74) is 1.71. The largest absolute Gasteiger partial charge is 0.466 e. The lowest BCUT2D eigenvalue weighted by molar-refractivity contribution is -0.145. The average molecular weight is 437 g/mol. The van der Waals surface area contributed by atoms with Crippen LogP contribution in [-0.4, -0.2) is 22.1 Å². The first-order valence-corrected chi connectivity index (χ1v) is 10.2. The van der Waals surface area contributed by atoms with Crippen molar-refractivity contribution in [3.63, 3.8) is 0 Å². The number of benzene rings is 2. The van der Waals surface area contributed by atoms with E-state index in [4.69, 9.17) is 32.9 Å². The van der Waals surface area contributed by atoms with Gasteiger partial charge >= 0.3 is 5.97 Å². The maximum Gasteiger partial charge on any atom is 0.306 e. The molecule has 4 nitrogen and oxygen atoms in total. The highest BCUT2D eigenvalue weighted by atomic mass is 35.5. The molecular weight excluding hydrogens is 414 g/mol. The lowest BCUT2D eigenvalue weighted by atomic mass is 9.85. The molecule has 0 saturated heterocycles. The van der Waals surface area contributed by atoms with Gasteiger partial charge < -0.3 is 9.30 Å². The zero-order valence-electron chi connectivity index (χ0n) is 16.6. The fourth-order valence-corrected chi connectivity index (χ4v) is 3.70. The number of nitrogens with zero attached hydrogens (tertiary/aromatic N) is 2. The molecule has 0 bridgehead atoms. The van der Waals surface area contributed by atoms with E-state index >= 15 is 0 Å². The predicted molar refractivity (Wildman–Crippen MR) is 114 cm³/mol. The van der Waals surface area contributed by atoms with Gasteiger partial charge in [0.1, 0.15) is 11.6 Å². The smallest absolute Gasteiger partial charge is 0.306 e. The standard InChI is InChI=1S/C22H23Cl2FN2O2/c1-4-29-21(28)12-22(2,3)11-20-26-18-10-16(24)7-8-19(18)27(20)13-14-5-6-15(23)9-17(14)25/h5-10H,4,11-13H2,1-3H3. The summed E-state index contributed by atoms with van der Waals surface area (Å²) in [5, 5.41) is 0.932. The molecular formula is C22H23Cl2FN2O2. The summed E-state index contributed by atoms with van der Waals surface area (Å²) < 4.78 is 21.5. The molecule has 0 fully saturated rings. The van der Waals surface area contributed by atoms with Crippen LogP contribution in [0.5, 0.6) is 0 Å². The Morgan fingerprint density at radius 3 is 2.55 bits per heavy atom. The van der Waals surface area contributed by atoms with Crippen molar-refractivity contribution in [2.45, 2.75) is 40.2 Å². The van der Waals surface area contributed by atoms with Crippen LogP contribution < -0.4 is 0 Å². The second kappa shape index (κ2) is 8.72. The van der Waals surface area contributed by atoms with Crippen LogP contribution >= 0.6 is 23.2 Å². The number of aromatic nitrogens is 2. The molecule has 0 aliphatic heterocycles. The summed E-state index contributed by atoms with van der Waals surface area (Å²) in [7, 11) is 0. The minimum absolute atomic E-state index is 0.244. The van der Waals surface area contributed by atoms with E-state index < -0.39 is 0 Å². The molecule has 154 valence electrons. The van der Waals surface area contributed by atoms with Gasteiger partial charge in [-0.2, -0.15) is 0 Å². The van der Waals surface area contributed by atoms with Crippen LogP contribution in [0, 0.1) is 11.2 Å². The zero-order chi connectivity index (χ0) is 21.2. The van der Waals surface area contributed by atoms with Crippen LogP contribution in [-0.2, 0) is 22.5 Å². The summed E-state index contributed by atoms with van der Waals surface area (Å²) in [4.78, 5) is 16.7. The van der Waals surface area contributed by atoms with Crippen molar-refractivity contribution in [1.29, 1.82) is 0 Å². The van der Waals surface area contributed by atoms with Gasteiger partial charge in [0.2, 0.25) is 0 Å². The topological polar surface area (TPSA) is 44.1 Å². The Bertz CT molecular complexity index is 1050. The highest BCUT2D eigenvalue weighted by Crippen LogP contribution is 2.30. The third-order valence-corrected chi connectivity index (χ3v) is 5.17. The van der Waals surface area contributed by atoms with E-state index in [2.05, 4.69) is 0 Å². The molecule has 1 aromatic heterocycles. The number of hydrogen-bond acceptors (Lipinski definition) is 3. The predicted octanol–water partition coefficient (Wildman–Crippen LogP) is 6.05. The van der Waals surface area contributed by atoms with E-state index in [-0.39, 0.29) is 23.6 Å². The summed E-state index contributed by atoms with van der Waals surface area (Å²) in [6.07, 6.45) is 0.785. The molecule has 2 aromatic carbocycles. The molecule has 3 rings (SSSR count). The van der Waals surface area contributed by atoms with Gasteiger partial charge in [-0.25, -0.2) is 9.37 Å². The van der Waals surface area contributed by atoms with Gasteiger partial charge in [-0.3, -0.25) is 4.79 Å². The number of halogens is 3.